The maximum Gasteiger partial charge on any atom is 0.319 e. The number of hydrogen-bond donors (Lipinski definition) is 2. The molecule has 1 aromatic rings. The predicted molar refractivity (Wildman–Crippen MR) is 52.0 cm³/mol. The van der Waals surface area contributed by atoms with E-state index in [1.54, 1.807) is 18.2 Å². The third-order valence-electron chi connectivity index (χ3n) is 1.63. The monoisotopic (exact) mass is 194 g/mol. The van der Waals surface area contributed by atoms with Crippen molar-refractivity contribution in [3.05, 3.63) is 48.4 Å². The van der Waals surface area contributed by atoms with E-state index >= 15 is 0 Å². The first kappa shape index (κ1) is 10.2. The van der Waals surface area contributed by atoms with Crippen LogP contribution in [0.15, 0.2) is 37.0 Å². The van der Waals surface area contributed by atoms with Gasteiger partial charge in [-0.25, -0.2) is 9.18 Å². The van der Waals surface area contributed by atoms with E-state index in [9.17, 15) is 9.18 Å². The summed E-state index contributed by atoms with van der Waals surface area (Å²) < 4.78 is 13.0. The number of amides is 2. The Morgan fingerprint density at radius 3 is 2.86 bits per heavy atom. The molecule has 1 aromatic carbocycles. The van der Waals surface area contributed by atoms with Gasteiger partial charge in [-0.2, -0.15) is 0 Å². The lowest BCUT2D eigenvalue weighted by atomic mass is 10.2. The van der Waals surface area contributed by atoms with E-state index in [0.717, 1.165) is 0 Å². The summed E-state index contributed by atoms with van der Waals surface area (Å²) in [5.74, 6) is -0.327. The van der Waals surface area contributed by atoms with Crippen molar-refractivity contribution in [3.8, 4) is 0 Å². The molecule has 0 aliphatic heterocycles. The molecule has 0 aliphatic rings. The summed E-state index contributed by atoms with van der Waals surface area (Å²) in [5, 5.41) is 4.81. The molecule has 0 aliphatic carbocycles. The maximum absolute atomic E-state index is 13.0. The highest BCUT2D eigenvalue weighted by molar-refractivity contribution is 5.74. The van der Waals surface area contributed by atoms with E-state index in [-0.39, 0.29) is 12.4 Å². The second-order valence-corrected chi connectivity index (χ2v) is 2.62. The standard InChI is InChI=1S/C10H11FN2O/c1-2-12-10(14)13-7-8-5-3-4-6-9(8)11/h2-6H,1,7H2,(H2,12,13,14). The number of nitrogens with one attached hydrogen (secondary N) is 2. The summed E-state index contributed by atoms with van der Waals surface area (Å²) >= 11 is 0. The van der Waals surface area contributed by atoms with Gasteiger partial charge in [0.1, 0.15) is 5.82 Å². The zero-order chi connectivity index (χ0) is 10.4. The maximum atomic E-state index is 13.0. The molecule has 1 rings (SSSR count). The van der Waals surface area contributed by atoms with Crippen molar-refractivity contribution >= 4 is 6.03 Å². The van der Waals surface area contributed by atoms with Crippen LogP contribution in [0.3, 0.4) is 0 Å². The quantitative estimate of drug-likeness (QED) is 0.756. The Morgan fingerprint density at radius 2 is 2.21 bits per heavy atom. The zero-order valence-electron chi connectivity index (χ0n) is 7.59. The van der Waals surface area contributed by atoms with Gasteiger partial charge in [-0.3, -0.25) is 0 Å². The first-order valence-electron chi connectivity index (χ1n) is 4.12. The lowest BCUT2D eigenvalue weighted by Crippen LogP contribution is -2.31. The first-order chi connectivity index (χ1) is 6.74. The molecule has 14 heavy (non-hydrogen) atoms. The molecule has 4 heteroatoms. The van der Waals surface area contributed by atoms with Crippen LogP contribution in [0.1, 0.15) is 5.56 Å². The normalized spacial score (nSPS) is 9.21. The second-order valence-electron chi connectivity index (χ2n) is 2.62. The number of hydrogen-bond acceptors (Lipinski definition) is 1. The summed E-state index contributed by atoms with van der Waals surface area (Å²) in [6.07, 6.45) is 1.26. The van der Waals surface area contributed by atoms with Gasteiger partial charge in [0.2, 0.25) is 0 Å². The molecule has 2 N–H and O–H groups in total. The summed E-state index contributed by atoms with van der Waals surface area (Å²) in [6, 6.07) is 5.88. The lowest BCUT2D eigenvalue weighted by molar-refractivity contribution is 0.243. The topological polar surface area (TPSA) is 41.1 Å². The van der Waals surface area contributed by atoms with Crippen molar-refractivity contribution in [2.45, 2.75) is 6.54 Å². The zero-order valence-corrected chi connectivity index (χ0v) is 7.59. The summed E-state index contributed by atoms with van der Waals surface area (Å²) in [7, 11) is 0. The summed E-state index contributed by atoms with van der Waals surface area (Å²) in [5.41, 5.74) is 0.451. The van der Waals surface area contributed by atoms with Gasteiger partial charge < -0.3 is 10.6 Å². The Labute approximate surface area is 81.6 Å². The highest BCUT2D eigenvalue weighted by atomic mass is 19.1. The van der Waals surface area contributed by atoms with Crippen LogP contribution in [0.25, 0.3) is 0 Å². The van der Waals surface area contributed by atoms with E-state index in [1.807, 2.05) is 0 Å². The lowest BCUT2D eigenvalue weighted by Gasteiger charge is -2.04. The molecule has 0 aromatic heterocycles. The number of carbonyl (C=O) groups is 1. The van der Waals surface area contributed by atoms with Crippen LogP contribution in [0, 0.1) is 5.82 Å². The van der Waals surface area contributed by atoms with Crippen LogP contribution in [0.4, 0.5) is 9.18 Å². The summed E-state index contributed by atoms with van der Waals surface area (Å²) in [6.45, 7) is 3.49. The molecule has 3 nitrogen and oxygen atoms in total. The number of benzene rings is 1. The van der Waals surface area contributed by atoms with E-state index in [1.165, 1.54) is 12.3 Å². The van der Waals surface area contributed by atoms with Crippen LogP contribution in [0.5, 0.6) is 0 Å². The molecule has 2 amide bonds. The molecule has 0 bridgehead atoms. The van der Waals surface area contributed by atoms with E-state index in [0.29, 0.717) is 5.56 Å². The third-order valence-corrected chi connectivity index (χ3v) is 1.63. The van der Waals surface area contributed by atoms with Crippen LogP contribution >= 0.6 is 0 Å². The smallest absolute Gasteiger partial charge is 0.319 e. The van der Waals surface area contributed by atoms with Crippen molar-refractivity contribution in [1.82, 2.24) is 10.6 Å². The molecule has 0 fully saturated rings. The van der Waals surface area contributed by atoms with Gasteiger partial charge in [-0.15, -0.1) is 0 Å². The molecule has 0 unspecified atom stereocenters. The highest BCUT2D eigenvalue weighted by Gasteiger charge is 2.01. The summed E-state index contributed by atoms with van der Waals surface area (Å²) in [4.78, 5) is 10.9. The third kappa shape index (κ3) is 2.90. The van der Waals surface area contributed by atoms with Crippen LogP contribution in [0.2, 0.25) is 0 Å². The van der Waals surface area contributed by atoms with Crippen molar-refractivity contribution in [2.24, 2.45) is 0 Å². The first-order valence-corrected chi connectivity index (χ1v) is 4.12. The fourth-order valence-corrected chi connectivity index (χ4v) is 0.961. The van der Waals surface area contributed by atoms with E-state index in [4.69, 9.17) is 0 Å². The fraction of sp³-hybridized carbons (Fsp3) is 0.100. The minimum Gasteiger partial charge on any atom is -0.334 e. The molecule has 0 radical (unpaired) electrons. The molecule has 0 heterocycles. The predicted octanol–water partition coefficient (Wildman–Crippen LogP) is 1.77. The molecular formula is C10H11FN2O. The van der Waals surface area contributed by atoms with Crippen molar-refractivity contribution < 1.29 is 9.18 Å². The molecule has 0 saturated carbocycles. The fourth-order valence-electron chi connectivity index (χ4n) is 0.961. The average Bonchev–Trinajstić information content (AvgIpc) is 2.17. The van der Waals surface area contributed by atoms with E-state index in [2.05, 4.69) is 17.2 Å². The Balaban J connectivity index is 2.49. The van der Waals surface area contributed by atoms with Crippen LogP contribution in [-0.2, 0) is 6.54 Å². The Kier molecular flexibility index (Phi) is 3.67. The SMILES string of the molecule is C=CNC(=O)NCc1ccccc1F. The Morgan fingerprint density at radius 1 is 1.50 bits per heavy atom. The van der Waals surface area contributed by atoms with Crippen LogP contribution < -0.4 is 10.6 Å². The number of rotatable bonds is 3. The Bertz CT molecular complexity index is 339. The Hall–Kier alpha value is -1.84. The van der Waals surface area contributed by atoms with Gasteiger partial charge in [0, 0.05) is 12.1 Å². The minimum atomic E-state index is -0.400. The van der Waals surface area contributed by atoms with Crippen molar-refractivity contribution in [2.75, 3.05) is 0 Å². The van der Waals surface area contributed by atoms with Crippen molar-refractivity contribution in [3.63, 3.8) is 0 Å². The average molecular weight is 194 g/mol. The van der Waals surface area contributed by atoms with Gasteiger partial charge in [0.25, 0.3) is 0 Å². The van der Waals surface area contributed by atoms with Gasteiger partial charge in [-0.1, -0.05) is 24.8 Å². The van der Waals surface area contributed by atoms with Gasteiger partial charge in [0.15, 0.2) is 0 Å². The van der Waals surface area contributed by atoms with Crippen LogP contribution in [-0.4, -0.2) is 6.03 Å². The van der Waals surface area contributed by atoms with Gasteiger partial charge in [0.05, 0.1) is 0 Å². The minimum absolute atomic E-state index is 0.159. The highest BCUT2D eigenvalue weighted by Crippen LogP contribution is 2.04. The number of urea groups is 1. The van der Waals surface area contributed by atoms with Crippen molar-refractivity contribution in [1.29, 1.82) is 0 Å². The van der Waals surface area contributed by atoms with Gasteiger partial charge >= 0.3 is 6.03 Å². The molecule has 74 valence electrons. The number of carbonyl (C=O) groups excluding carboxylic acids is 1. The second kappa shape index (κ2) is 5.01. The largest absolute Gasteiger partial charge is 0.334 e. The van der Waals surface area contributed by atoms with E-state index < -0.39 is 6.03 Å². The molecule has 0 spiro atoms. The van der Waals surface area contributed by atoms with Gasteiger partial charge in [-0.05, 0) is 12.3 Å². The molecule has 0 saturated heterocycles. The molecular weight excluding hydrogens is 183 g/mol. The molecule has 0 atom stereocenters. The number of halogens is 1.